The molecule has 1 rings (SSSR count). The van der Waals surface area contributed by atoms with Gasteiger partial charge in [-0.2, -0.15) is 5.26 Å². The van der Waals surface area contributed by atoms with E-state index in [1.54, 1.807) is 0 Å². The summed E-state index contributed by atoms with van der Waals surface area (Å²) >= 11 is 0. The van der Waals surface area contributed by atoms with Gasteiger partial charge < -0.3 is 4.74 Å². The van der Waals surface area contributed by atoms with E-state index in [-0.39, 0.29) is 0 Å². The Morgan fingerprint density at radius 2 is 2.24 bits per heavy atom. The second-order valence-electron chi connectivity index (χ2n) is 4.12. The Hall–Kier alpha value is -1.34. The Morgan fingerprint density at radius 3 is 3.00 bits per heavy atom. The first kappa shape index (κ1) is 13.7. The molecule has 0 aliphatic carbocycles. The molecule has 0 amide bonds. The van der Waals surface area contributed by atoms with E-state index in [4.69, 9.17) is 10.00 Å². The molecule has 0 aliphatic rings. The fourth-order valence-electron chi connectivity index (χ4n) is 1.64. The second-order valence-corrected chi connectivity index (χ2v) is 4.12. The zero-order chi connectivity index (χ0) is 12.3. The fraction of sp³-hybridized carbons (Fsp3) is 0.692. The molecule has 17 heavy (non-hydrogen) atoms. The lowest BCUT2D eigenvalue weighted by Crippen LogP contribution is -2.31. The van der Waals surface area contributed by atoms with Crippen molar-refractivity contribution < 1.29 is 9.30 Å². The van der Waals surface area contributed by atoms with Crippen molar-refractivity contribution in [1.82, 2.24) is 4.57 Å². The predicted octanol–water partition coefficient (Wildman–Crippen LogP) is 1.90. The van der Waals surface area contributed by atoms with E-state index in [2.05, 4.69) is 40.8 Å². The smallest absolute Gasteiger partial charge is 0.243 e. The Balaban J connectivity index is 2.15. The predicted molar refractivity (Wildman–Crippen MR) is 65.2 cm³/mol. The summed E-state index contributed by atoms with van der Waals surface area (Å²) in [5.41, 5.74) is 0. The van der Waals surface area contributed by atoms with Gasteiger partial charge in [0.2, 0.25) is 6.33 Å². The normalized spacial score (nSPS) is 10.4. The lowest BCUT2D eigenvalue weighted by Gasteiger charge is -2.00. The average Bonchev–Trinajstić information content (AvgIpc) is 2.77. The molecule has 0 unspecified atom stereocenters. The molecule has 94 valence electrons. The van der Waals surface area contributed by atoms with Crippen LogP contribution < -0.4 is 4.57 Å². The van der Waals surface area contributed by atoms with Crippen LogP contribution >= 0.6 is 0 Å². The molecule has 0 atom stereocenters. The zero-order valence-corrected chi connectivity index (χ0v) is 10.6. The fourth-order valence-corrected chi connectivity index (χ4v) is 1.64. The van der Waals surface area contributed by atoms with Crippen LogP contribution in [0.15, 0.2) is 18.7 Å². The number of ether oxygens (including phenoxy) is 1. The SMILES string of the molecule is CCCOCCC[n+]1ccn(CCCC#N)c1. The molecule has 4 nitrogen and oxygen atoms in total. The molecule has 0 aliphatic heterocycles. The van der Waals surface area contributed by atoms with Crippen LogP contribution in [0.5, 0.6) is 0 Å². The molecule has 0 radical (unpaired) electrons. The monoisotopic (exact) mass is 236 g/mol. The summed E-state index contributed by atoms with van der Waals surface area (Å²) in [7, 11) is 0. The first-order valence-corrected chi connectivity index (χ1v) is 6.36. The van der Waals surface area contributed by atoms with Gasteiger partial charge >= 0.3 is 0 Å². The standard InChI is InChI=1S/C13H22N3O/c1-2-11-17-12-5-8-16-10-9-15(13-16)7-4-3-6-14/h9-10,13H,2-5,7-8,11-12H2,1H3/q+1. The lowest BCUT2D eigenvalue weighted by atomic mass is 10.3. The molecular weight excluding hydrogens is 214 g/mol. The summed E-state index contributed by atoms with van der Waals surface area (Å²) in [4.78, 5) is 0. The second kappa shape index (κ2) is 8.77. The Labute approximate surface area is 103 Å². The number of nitriles is 1. The first-order valence-electron chi connectivity index (χ1n) is 6.36. The van der Waals surface area contributed by atoms with Gasteiger partial charge in [-0.25, -0.2) is 9.13 Å². The third-order valence-corrected chi connectivity index (χ3v) is 2.50. The molecule has 0 saturated heterocycles. The Morgan fingerprint density at radius 1 is 1.35 bits per heavy atom. The number of hydrogen-bond donors (Lipinski definition) is 0. The highest BCUT2D eigenvalue weighted by atomic mass is 16.5. The van der Waals surface area contributed by atoms with Gasteiger partial charge in [-0.1, -0.05) is 6.92 Å². The number of rotatable bonds is 9. The van der Waals surface area contributed by atoms with E-state index in [0.717, 1.165) is 45.6 Å². The first-order chi connectivity index (χ1) is 8.36. The van der Waals surface area contributed by atoms with Gasteiger partial charge in [-0.15, -0.1) is 0 Å². The van der Waals surface area contributed by atoms with E-state index in [1.165, 1.54) is 0 Å². The number of unbranched alkanes of at least 4 members (excludes halogenated alkanes) is 1. The van der Waals surface area contributed by atoms with Crippen molar-refractivity contribution in [2.45, 2.75) is 45.7 Å². The van der Waals surface area contributed by atoms with Gasteiger partial charge in [-0.3, -0.25) is 0 Å². The summed E-state index contributed by atoms with van der Waals surface area (Å²) < 4.78 is 9.73. The highest BCUT2D eigenvalue weighted by molar-refractivity contribution is 4.71. The van der Waals surface area contributed by atoms with Gasteiger partial charge in [0, 0.05) is 19.4 Å². The van der Waals surface area contributed by atoms with Crippen LogP contribution in [-0.4, -0.2) is 17.8 Å². The average molecular weight is 236 g/mol. The summed E-state index contributed by atoms with van der Waals surface area (Å²) in [5, 5.41) is 8.46. The van der Waals surface area contributed by atoms with Crippen LogP contribution in [0.2, 0.25) is 0 Å². The Kier molecular flexibility index (Phi) is 7.08. The van der Waals surface area contributed by atoms with Gasteiger partial charge in [0.05, 0.1) is 25.8 Å². The van der Waals surface area contributed by atoms with Crippen molar-refractivity contribution in [2.75, 3.05) is 13.2 Å². The van der Waals surface area contributed by atoms with Crippen LogP contribution in [-0.2, 0) is 17.8 Å². The van der Waals surface area contributed by atoms with E-state index < -0.39 is 0 Å². The lowest BCUT2D eigenvalue weighted by molar-refractivity contribution is -0.697. The number of nitrogens with zero attached hydrogens (tertiary/aromatic N) is 3. The van der Waals surface area contributed by atoms with Gasteiger partial charge in [0.25, 0.3) is 0 Å². The van der Waals surface area contributed by atoms with Crippen molar-refractivity contribution in [3.05, 3.63) is 18.7 Å². The molecule has 0 aromatic carbocycles. The number of aromatic nitrogens is 2. The van der Waals surface area contributed by atoms with Gasteiger partial charge in [-0.05, 0) is 12.8 Å². The Bertz CT molecular complexity index is 341. The van der Waals surface area contributed by atoms with Crippen molar-refractivity contribution in [2.24, 2.45) is 0 Å². The maximum Gasteiger partial charge on any atom is 0.243 e. The summed E-state index contributed by atoms with van der Waals surface area (Å²) in [6.07, 6.45) is 9.91. The third-order valence-electron chi connectivity index (χ3n) is 2.50. The number of imidazole rings is 1. The van der Waals surface area contributed by atoms with Crippen molar-refractivity contribution >= 4 is 0 Å². The highest BCUT2D eigenvalue weighted by Crippen LogP contribution is 1.93. The van der Waals surface area contributed by atoms with Crippen molar-refractivity contribution in [3.8, 4) is 6.07 Å². The van der Waals surface area contributed by atoms with Crippen LogP contribution in [0.4, 0.5) is 0 Å². The van der Waals surface area contributed by atoms with Gasteiger partial charge in [0.1, 0.15) is 12.4 Å². The van der Waals surface area contributed by atoms with Crippen molar-refractivity contribution in [3.63, 3.8) is 0 Å². The van der Waals surface area contributed by atoms with Crippen LogP contribution in [0.25, 0.3) is 0 Å². The van der Waals surface area contributed by atoms with Crippen molar-refractivity contribution in [1.29, 1.82) is 5.26 Å². The van der Waals surface area contributed by atoms with Crippen LogP contribution in [0, 0.1) is 11.3 Å². The molecule has 0 bridgehead atoms. The van der Waals surface area contributed by atoms with E-state index >= 15 is 0 Å². The van der Waals surface area contributed by atoms with Crippen LogP contribution in [0.3, 0.4) is 0 Å². The maximum absolute atomic E-state index is 8.46. The largest absolute Gasteiger partial charge is 0.381 e. The minimum absolute atomic E-state index is 0.628. The molecule has 0 saturated carbocycles. The quantitative estimate of drug-likeness (QED) is 0.485. The van der Waals surface area contributed by atoms with E-state index in [9.17, 15) is 0 Å². The van der Waals surface area contributed by atoms with Crippen LogP contribution in [0.1, 0.15) is 32.6 Å². The summed E-state index contributed by atoms with van der Waals surface area (Å²) in [6, 6.07) is 2.16. The van der Waals surface area contributed by atoms with Gasteiger partial charge in [0.15, 0.2) is 0 Å². The minimum Gasteiger partial charge on any atom is -0.381 e. The molecular formula is C13H22N3O+. The molecule has 1 aromatic rings. The third kappa shape index (κ3) is 6.08. The topological polar surface area (TPSA) is 41.8 Å². The molecule has 1 heterocycles. The number of hydrogen-bond acceptors (Lipinski definition) is 2. The molecule has 0 N–H and O–H groups in total. The maximum atomic E-state index is 8.46. The van der Waals surface area contributed by atoms with E-state index in [1.807, 2.05) is 0 Å². The molecule has 1 aromatic heterocycles. The molecule has 0 spiro atoms. The molecule has 0 fully saturated rings. The highest BCUT2D eigenvalue weighted by Gasteiger charge is 2.02. The number of aryl methyl sites for hydroxylation is 2. The van der Waals surface area contributed by atoms with E-state index in [0.29, 0.717) is 6.42 Å². The summed E-state index contributed by atoms with van der Waals surface area (Å²) in [5.74, 6) is 0. The molecule has 4 heteroatoms. The summed E-state index contributed by atoms with van der Waals surface area (Å²) in [6.45, 7) is 5.73. The zero-order valence-electron chi connectivity index (χ0n) is 10.6. The minimum atomic E-state index is 0.628.